The normalized spacial score (nSPS) is 11.4. The Morgan fingerprint density at radius 3 is 2.47 bits per heavy atom. The number of hydrogen-bond acceptors (Lipinski definition) is 4. The molecule has 0 aliphatic rings. The van der Waals surface area contributed by atoms with Crippen molar-refractivity contribution in [3.05, 3.63) is 23.8 Å². The predicted octanol–water partition coefficient (Wildman–Crippen LogP) is 0.0857. The van der Waals surface area contributed by atoms with Crippen molar-refractivity contribution in [2.45, 2.75) is 13.0 Å². The van der Waals surface area contributed by atoms with Crippen LogP contribution >= 0.6 is 0 Å². The number of phenols is 1. The van der Waals surface area contributed by atoms with Crippen molar-refractivity contribution in [1.82, 2.24) is 5.32 Å². The highest BCUT2D eigenvalue weighted by Crippen LogP contribution is 2.21. The maximum absolute atomic E-state index is 11.5. The molecule has 0 saturated heterocycles. The number of carbonyl (C=O) groups is 3. The standard InChI is InChI=1S/C11H13N3O5/c1-5(9(12)16)13-11(19)14-8-3-2-6(15)4-7(8)10(17)18/h2-5,15H,1H3,(H2,12,16)(H,17,18)(H2,13,14,19). The van der Waals surface area contributed by atoms with Gasteiger partial charge in [-0.25, -0.2) is 9.59 Å². The van der Waals surface area contributed by atoms with Crippen LogP contribution < -0.4 is 16.4 Å². The molecule has 0 aliphatic heterocycles. The number of rotatable bonds is 4. The predicted molar refractivity (Wildman–Crippen MR) is 65.9 cm³/mol. The maximum atomic E-state index is 11.5. The number of primary amides is 1. The number of amides is 3. The zero-order valence-electron chi connectivity index (χ0n) is 10.0. The summed E-state index contributed by atoms with van der Waals surface area (Å²) < 4.78 is 0. The molecule has 0 fully saturated rings. The van der Waals surface area contributed by atoms with Crippen LogP contribution in [0.4, 0.5) is 10.5 Å². The van der Waals surface area contributed by atoms with Gasteiger partial charge in [0.2, 0.25) is 5.91 Å². The van der Waals surface area contributed by atoms with E-state index in [1.54, 1.807) is 0 Å². The highest BCUT2D eigenvalue weighted by atomic mass is 16.4. The monoisotopic (exact) mass is 267 g/mol. The van der Waals surface area contributed by atoms with Crippen molar-refractivity contribution in [2.24, 2.45) is 5.73 Å². The van der Waals surface area contributed by atoms with Crippen molar-refractivity contribution in [3.8, 4) is 5.75 Å². The Balaban J connectivity index is 2.85. The second-order valence-corrected chi connectivity index (χ2v) is 3.76. The Labute approximate surface area is 108 Å². The Bertz CT molecular complexity index is 529. The minimum atomic E-state index is -1.31. The number of aromatic carboxylic acids is 1. The summed E-state index contributed by atoms with van der Waals surface area (Å²) in [6.07, 6.45) is 0. The third kappa shape index (κ3) is 3.87. The van der Waals surface area contributed by atoms with Crippen molar-refractivity contribution < 1.29 is 24.6 Å². The van der Waals surface area contributed by atoms with Crippen LogP contribution in [0.25, 0.3) is 0 Å². The molecule has 1 rings (SSSR count). The fraction of sp³-hybridized carbons (Fsp3) is 0.182. The number of phenolic OH excluding ortho intramolecular Hbond substituents is 1. The van der Waals surface area contributed by atoms with Crippen LogP contribution in [0.3, 0.4) is 0 Å². The van der Waals surface area contributed by atoms with Crippen LogP contribution in [0.2, 0.25) is 0 Å². The summed E-state index contributed by atoms with van der Waals surface area (Å²) in [6, 6.07) is 1.77. The van der Waals surface area contributed by atoms with Crippen molar-refractivity contribution in [1.29, 1.82) is 0 Å². The van der Waals surface area contributed by atoms with Gasteiger partial charge in [0, 0.05) is 0 Å². The van der Waals surface area contributed by atoms with E-state index in [1.165, 1.54) is 19.1 Å². The lowest BCUT2D eigenvalue weighted by molar-refractivity contribution is -0.119. The molecule has 8 heteroatoms. The summed E-state index contributed by atoms with van der Waals surface area (Å²) >= 11 is 0. The molecule has 0 saturated carbocycles. The maximum Gasteiger partial charge on any atom is 0.337 e. The molecular formula is C11H13N3O5. The van der Waals surface area contributed by atoms with Gasteiger partial charge in [-0.1, -0.05) is 0 Å². The lowest BCUT2D eigenvalue weighted by Gasteiger charge is -2.13. The quantitative estimate of drug-likeness (QED) is 0.491. The highest BCUT2D eigenvalue weighted by molar-refractivity contribution is 6.01. The third-order valence-electron chi connectivity index (χ3n) is 2.26. The van der Waals surface area contributed by atoms with Gasteiger partial charge in [0.05, 0.1) is 11.3 Å². The van der Waals surface area contributed by atoms with Crippen LogP contribution in [0.15, 0.2) is 18.2 Å². The number of carbonyl (C=O) groups excluding carboxylic acids is 2. The van der Waals surface area contributed by atoms with Crippen LogP contribution in [-0.4, -0.2) is 34.2 Å². The fourth-order valence-corrected chi connectivity index (χ4v) is 1.24. The van der Waals surface area contributed by atoms with Crippen LogP contribution in [0.1, 0.15) is 17.3 Å². The molecule has 1 atom stereocenters. The number of nitrogens with one attached hydrogen (secondary N) is 2. The summed E-state index contributed by atoms with van der Waals surface area (Å²) in [5.74, 6) is -2.28. The molecule has 0 spiro atoms. The smallest absolute Gasteiger partial charge is 0.337 e. The molecule has 0 radical (unpaired) electrons. The molecule has 1 aromatic carbocycles. The zero-order chi connectivity index (χ0) is 14.6. The van der Waals surface area contributed by atoms with E-state index < -0.39 is 23.9 Å². The Kier molecular flexibility index (Phi) is 4.30. The van der Waals surface area contributed by atoms with Crippen molar-refractivity contribution in [2.75, 3.05) is 5.32 Å². The zero-order valence-corrected chi connectivity index (χ0v) is 10.0. The molecule has 102 valence electrons. The van der Waals surface area contributed by atoms with E-state index >= 15 is 0 Å². The summed E-state index contributed by atoms with van der Waals surface area (Å²) in [6.45, 7) is 1.39. The first-order valence-electron chi connectivity index (χ1n) is 5.24. The first-order chi connectivity index (χ1) is 8.81. The molecular weight excluding hydrogens is 254 g/mol. The van der Waals surface area contributed by atoms with Gasteiger partial charge < -0.3 is 26.6 Å². The Morgan fingerprint density at radius 2 is 1.95 bits per heavy atom. The topological polar surface area (TPSA) is 142 Å². The molecule has 1 aromatic rings. The number of aromatic hydroxyl groups is 1. The van der Waals surface area contributed by atoms with Crippen LogP contribution in [-0.2, 0) is 4.79 Å². The number of hydrogen-bond donors (Lipinski definition) is 5. The van der Waals surface area contributed by atoms with E-state index in [-0.39, 0.29) is 17.0 Å². The SMILES string of the molecule is CC(NC(=O)Nc1ccc(O)cc1C(=O)O)C(N)=O. The minimum absolute atomic E-state index is 0.0144. The number of carboxylic acids is 1. The van der Waals surface area contributed by atoms with Gasteiger partial charge in [0.15, 0.2) is 0 Å². The molecule has 19 heavy (non-hydrogen) atoms. The van der Waals surface area contributed by atoms with Crippen molar-refractivity contribution in [3.63, 3.8) is 0 Å². The van der Waals surface area contributed by atoms with Gasteiger partial charge in [-0.2, -0.15) is 0 Å². The third-order valence-corrected chi connectivity index (χ3v) is 2.26. The largest absolute Gasteiger partial charge is 0.508 e. The fourth-order valence-electron chi connectivity index (χ4n) is 1.24. The number of urea groups is 1. The van der Waals surface area contributed by atoms with E-state index in [9.17, 15) is 19.5 Å². The molecule has 6 N–H and O–H groups in total. The van der Waals surface area contributed by atoms with Gasteiger partial charge in [-0.05, 0) is 25.1 Å². The van der Waals surface area contributed by atoms with Gasteiger partial charge in [0.1, 0.15) is 11.8 Å². The lowest BCUT2D eigenvalue weighted by atomic mass is 10.1. The molecule has 0 bridgehead atoms. The summed E-state index contributed by atoms with van der Waals surface area (Å²) in [4.78, 5) is 33.2. The lowest BCUT2D eigenvalue weighted by Crippen LogP contribution is -2.44. The molecule has 0 aliphatic carbocycles. The average molecular weight is 267 g/mol. The van der Waals surface area contributed by atoms with E-state index in [4.69, 9.17) is 10.8 Å². The number of carboxylic acid groups (broad SMARTS) is 1. The van der Waals surface area contributed by atoms with Gasteiger partial charge in [-0.3, -0.25) is 4.79 Å². The van der Waals surface area contributed by atoms with Gasteiger partial charge in [0.25, 0.3) is 0 Å². The molecule has 1 unspecified atom stereocenters. The molecule has 8 nitrogen and oxygen atoms in total. The molecule has 0 heterocycles. The Morgan fingerprint density at radius 1 is 1.32 bits per heavy atom. The van der Waals surface area contributed by atoms with Crippen molar-refractivity contribution >= 4 is 23.6 Å². The molecule has 0 aromatic heterocycles. The average Bonchev–Trinajstić information content (AvgIpc) is 2.30. The van der Waals surface area contributed by atoms with Gasteiger partial charge in [-0.15, -0.1) is 0 Å². The number of benzene rings is 1. The summed E-state index contributed by atoms with van der Waals surface area (Å²) in [7, 11) is 0. The number of anilines is 1. The first-order valence-corrected chi connectivity index (χ1v) is 5.24. The van der Waals surface area contributed by atoms with E-state index in [0.717, 1.165) is 6.07 Å². The number of nitrogens with two attached hydrogens (primary N) is 1. The Hall–Kier alpha value is -2.77. The van der Waals surface area contributed by atoms with Crippen LogP contribution in [0.5, 0.6) is 5.75 Å². The second-order valence-electron chi connectivity index (χ2n) is 3.76. The van der Waals surface area contributed by atoms with E-state index in [1.807, 2.05) is 0 Å². The second kappa shape index (κ2) is 5.71. The summed E-state index contributed by atoms with van der Waals surface area (Å²) in [5, 5.41) is 22.6. The van der Waals surface area contributed by atoms with E-state index in [2.05, 4.69) is 10.6 Å². The highest BCUT2D eigenvalue weighted by Gasteiger charge is 2.16. The summed E-state index contributed by atoms with van der Waals surface area (Å²) in [5.41, 5.74) is 4.68. The molecule has 3 amide bonds. The minimum Gasteiger partial charge on any atom is -0.508 e. The first kappa shape index (κ1) is 14.3. The van der Waals surface area contributed by atoms with Gasteiger partial charge >= 0.3 is 12.0 Å². The van der Waals surface area contributed by atoms with E-state index in [0.29, 0.717) is 0 Å². The van der Waals surface area contributed by atoms with Crippen LogP contribution in [0, 0.1) is 0 Å².